The molecule has 1 rings (SSSR count). The van der Waals surface area contributed by atoms with E-state index in [1.807, 2.05) is 0 Å². The van der Waals surface area contributed by atoms with Gasteiger partial charge in [-0.3, -0.25) is 9.59 Å². The summed E-state index contributed by atoms with van der Waals surface area (Å²) in [4.78, 5) is 22.5. The van der Waals surface area contributed by atoms with Gasteiger partial charge in [0.25, 0.3) is 0 Å². The number of aliphatic hydroxyl groups is 1. The van der Waals surface area contributed by atoms with Crippen molar-refractivity contribution in [1.29, 1.82) is 0 Å². The summed E-state index contributed by atoms with van der Waals surface area (Å²) in [6.45, 7) is 2.84. The molecule has 0 heterocycles. The molecule has 0 bridgehead atoms. The van der Waals surface area contributed by atoms with Gasteiger partial charge in [-0.25, -0.2) is 0 Å². The third kappa shape index (κ3) is 4.37. The number of ether oxygens (including phenoxy) is 1. The zero-order valence-corrected chi connectivity index (χ0v) is 11.3. The maximum absolute atomic E-state index is 11.8. The monoisotopic (exact) mass is 266 g/mol. The van der Waals surface area contributed by atoms with Gasteiger partial charge in [0.2, 0.25) is 0 Å². The number of methoxy groups -OCH3 is 1. The van der Waals surface area contributed by atoms with Crippen molar-refractivity contribution < 1.29 is 24.5 Å². The zero-order chi connectivity index (χ0) is 14.6. The van der Waals surface area contributed by atoms with Crippen molar-refractivity contribution in [2.75, 3.05) is 7.11 Å². The van der Waals surface area contributed by atoms with Crippen molar-refractivity contribution in [3.05, 3.63) is 29.3 Å². The van der Waals surface area contributed by atoms with E-state index in [1.54, 1.807) is 18.2 Å². The zero-order valence-electron chi connectivity index (χ0n) is 11.3. The van der Waals surface area contributed by atoms with Gasteiger partial charge in [-0.1, -0.05) is 12.1 Å². The molecular weight excluding hydrogens is 248 g/mol. The number of aliphatic carboxylic acids is 1. The first-order chi connectivity index (χ1) is 8.74. The van der Waals surface area contributed by atoms with E-state index in [2.05, 4.69) is 0 Å². The number of Topliss-reactive ketones (excluding diaryl/α,β-unsaturated/α-hetero) is 1. The highest BCUT2D eigenvalue weighted by molar-refractivity contribution is 5.88. The molecule has 0 atom stereocenters. The molecular formula is C14H18O5. The van der Waals surface area contributed by atoms with Gasteiger partial charge >= 0.3 is 5.97 Å². The second-order valence-electron chi connectivity index (χ2n) is 4.88. The van der Waals surface area contributed by atoms with Crippen molar-refractivity contribution in [2.24, 2.45) is 0 Å². The number of ketones is 1. The maximum atomic E-state index is 11.8. The van der Waals surface area contributed by atoms with Gasteiger partial charge < -0.3 is 14.9 Å². The quantitative estimate of drug-likeness (QED) is 0.808. The van der Waals surface area contributed by atoms with Crippen molar-refractivity contribution in [2.45, 2.75) is 32.3 Å². The van der Waals surface area contributed by atoms with Crippen molar-refractivity contribution in [3.63, 3.8) is 0 Å². The maximum Gasteiger partial charge on any atom is 0.307 e. The number of hydrogen-bond donors (Lipinski definition) is 2. The van der Waals surface area contributed by atoms with Crippen LogP contribution in [0.4, 0.5) is 0 Å². The Morgan fingerprint density at radius 3 is 2.37 bits per heavy atom. The van der Waals surface area contributed by atoms with Crippen LogP contribution in [0.1, 0.15) is 25.0 Å². The van der Waals surface area contributed by atoms with E-state index in [0.29, 0.717) is 16.9 Å². The molecule has 0 spiro atoms. The van der Waals surface area contributed by atoms with Crippen LogP contribution in [-0.2, 0) is 22.4 Å². The first-order valence-electron chi connectivity index (χ1n) is 5.87. The minimum Gasteiger partial charge on any atom is -0.496 e. The lowest BCUT2D eigenvalue weighted by molar-refractivity contribution is -0.136. The molecule has 5 nitrogen and oxygen atoms in total. The number of benzene rings is 1. The number of hydrogen-bond acceptors (Lipinski definition) is 4. The van der Waals surface area contributed by atoms with Gasteiger partial charge in [-0.05, 0) is 25.5 Å². The van der Waals surface area contributed by atoms with Gasteiger partial charge in [0.15, 0.2) is 5.78 Å². The molecule has 0 fully saturated rings. The van der Waals surface area contributed by atoms with E-state index in [-0.39, 0.29) is 18.6 Å². The van der Waals surface area contributed by atoms with E-state index in [9.17, 15) is 14.7 Å². The summed E-state index contributed by atoms with van der Waals surface area (Å²) < 4.78 is 5.14. The molecule has 5 heteroatoms. The molecule has 104 valence electrons. The van der Waals surface area contributed by atoms with Gasteiger partial charge in [0.05, 0.1) is 13.5 Å². The first kappa shape index (κ1) is 15.2. The largest absolute Gasteiger partial charge is 0.496 e. The summed E-state index contributed by atoms with van der Waals surface area (Å²) in [6.07, 6.45) is -0.117. The van der Waals surface area contributed by atoms with Gasteiger partial charge in [-0.2, -0.15) is 0 Å². The summed E-state index contributed by atoms with van der Waals surface area (Å²) >= 11 is 0. The lowest BCUT2D eigenvalue weighted by Crippen LogP contribution is -2.32. The minimum absolute atomic E-state index is 0.000131. The summed E-state index contributed by atoms with van der Waals surface area (Å²) in [5.41, 5.74) is -0.256. The van der Waals surface area contributed by atoms with E-state index in [0.717, 1.165) is 0 Å². The Morgan fingerprint density at radius 1 is 1.26 bits per heavy atom. The number of carbonyl (C=O) groups excluding carboxylic acids is 1. The third-order valence-electron chi connectivity index (χ3n) is 2.73. The smallest absolute Gasteiger partial charge is 0.307 e. The number of carboxylic acids is 1. The SMILES string of the molecule is COc1ccc(CC(=O)O)cc1CC(=O)C(C)(C)O. The summed E-state index contributed by atoms with van der Waals surface area (Å²) in [5, 5.41) is 18.4. The van der Waals surface area contributed by atoms with Crippen LogP contribution in [0.3, 0.4) is 0 Å². The Balaban J connectivity index is 3.02. The lowest BCUT2D eigenvalue weighted by Gasteiger charge is -2.17. The predicted octanol–water partition coefficient (Wildman–Crippen LogP) is 1.20. The molecule has 0 saturated heterocycles. The average molecular weight is 266 g/mol. The Labute approximate surface area is 111 Å². The van der Waals surface area contributed by atoms with Crippen LogP contribution in [0.5, 0.6) is 5.75 Å². The Hall–Kier alpha value is -1.88. The summed E-state index contributed by atoms with van der Waals surface area (Å²) in [5.74, 6) is -0.782. The number of rotatable bonds is 6. The van der Waals surface area contributed by atoms with Crippen LogP contribution in [0.2, 0.25) is 0 Å². The molecule has 2 N–H and O–H groups in total. The normalized spacial score (nSPS) is 11.2. The second-order valence-corrected chi connectivity index (χ2v) is 4.88. The topological polar surface area (TPSA) is 83.8 Å². The fraction of sp³-hybridized carbons (Fsp3) is 0.429. The molecule has 0 unspecified atom stereocenters. The highest BCUT2D eigenvalue weighted by atomic mass is 16.5. The van der Waals surface area contributed by atoms with Gasteiger partial charge in [-0.15, -0.1) is 0 Å². The van der Waals surface area contributed by atoms with E-state index >= 15 is 0 Å². The highest BCUT2D eigenvalue weighted by Gasteiger charge is 2.24. The Bertz CT molecular complexity index is 485. The molecule has 0 aliphatic carbocycles. The molecule has 0 saturated carbocycles. The molecule has 0 aliphatic heterocycles. The highest BCUT2D eigenvalue weighted by Crippen LogP contribution is 2.22. The second kappa shape index (κ2) is 5.84. The number of carbonyl (C=O) groups is 2. The van der Waals surface area contributed by atoms with Crippen LogP contribution in [0.15, 0.2) is 18.2 Å². The van der Waals surface area contributed by atoms with Crippen molar-refractivity contribution >= 4 is 11.8 Å². The van der Waals surface area contributed by atoms with Gasteiger partial charge in [0.1, 0.15) is 11.4 Å². The molecule has 1 aromatic carbocycles. The van der Waals surface area contributed by atoms with Crippen LogP contribution >= 0.6 is 0 Å². The summed E-state index contributed by atoms with van der Waals surface area (Å²) in [7, 11) is 1.48. The fourth-order valence-corrected chi connectivity index (χ4v) is 1.64. The molecule has 19 heavy (non-hydrogen) atoms. The molecule has 1 aromatic rings. The number of carboxylic acid groups (broad SMARTS) is 1. The predicted molar refractivity (Wildman–Crippen MR) is 69.3 cm³/mol. The molecule has 0 aliphatic rings. The Kier molecular flexibility index (Phi) is 4.67. The van der Waals surface area contributed by atoms with Crippen molar-refractivity contribution in [1.82, 2.24) is 0 Å². The molecule has 0 amide bonds. The molecule has 0 radical (unpaired) electrons. The van der Waals surface area contributed by atoms with Crippen LogP contribution < -0.4 is 4.74 Å². The van der Waals surface area contributed by atoms with Crippen LogP contribution in [-0.4, -0.2) is 34.7 Å². The standard InChI is InChI=1S/C14H18O5/c1-14(2,18)12(15)8-10-6-9(7-13(16)17)4-5-11(10)19-3/h4-6,18H,7-8H2,1-3H3,(H,16,17). The average Bonchev–Trinajstić information content (AvgIpc) is 2.27. The van der Waals surface area contributed by atoms with E-state index in [1.165, 1.54) is 21.0 Å². The fourth-order valence-electron chi connectivity index (χ4n) is 1.64. The van der Waals surface area contributed by atoms with E-state index < -0.39 is 11.6 Å². The lowest BCUT2D eigenvalue weighted by atomic mass is 9.95. The van der Waals surface area contributed by atoms with Crippen LogP contribution in [0, 0.1) is 0 Å². The summed E-state index contributed by atoms with van der Waals surface area (Å²) in [6, 6.07) is 4.90. The third-order valence-corrected chi connectivity index (χ3v) is 2.73. The van der Waals surface area contributed by atoms with E-state index in [4.69, 9.17) is 9.84 Å². The van der Waals surface area contributed by atoms with Crippen molar-refractivity contribution in [3.8, 4) is 5.75 Å². The first-order valence-corrected chi connectivity index (χ1v) is 5.87. The molecule has 0 aromatic heterocycles. The minimum atomic E-state index is -1.42. The van der Waals surface area contributed by atoms with Gasteiger partial charge in [0, 0.05) is 12.0 Å². The Morgan fingerprint density at radius 2 is 1.89 bits per heavy atom. The van der Waals surface area contributed by atoms with Crippen LogP contribution in [0.25, 0.3) is 0 Å².